The van der Waals surface area contributed by atoms with Crippen molar-refractivity contribution in [3.8, 4) is 0 Å². The number of thiazole rings is 1. The molecule has 4 heteroatoms. The molecule has 0 saturated carbocycles. The summed E-state index contributed by atoms with van der Waals surface area (Å²) in [5.74, 6) is 3.19. The van der Waals surface area contributed by atoms with Crippen molar-refractivity contribution in [2.24, 2.45) is 5.92 Å². The molecule has 1 aromatic rings. The van der Waals surface area contributed by atoms with Gasteiger partial charge in [-0.1, -0.05) is 27.2 Å². The molecule has 2 nitrogen and oxygen atoms in total. The van der Waals surface area contributed by atoms with E-state index in [0.717, 1.165) is 29.8 Å². The van der Waals surface area contributed by atoms with Gasteiger partial charge in [0.2, 0.25) is 0 Å². The highest BCUT2D eigenvalue weighted by atomic mass is 32.2. The maximum Gasteiger partial charge on any atom is 0.182 e. The monoisotopic (exact) mass is 258 g/mol. The van der Waals surface area contributed by atoms with Crippen LogP contribution in [0.2, 0.25) is 0 Å². The summed E-state index contributed by atoms with van der Waals surface area (Å²) >= 11 is 3.81. The van der Waals surface area contributed by atoms with Crippen molar-refractivity contribution in [1.29, 1.82) is 0 Å². The summed E-state index contributed by atoms with van der Waals surface area (Å²) in [6.45, 7) is 7.76. The molecule has 0 fully saturated rings. The predicted octanol–water partition coefficient (Wildman–Crippen LogP) is 4.24. The van der Waals surface area contributed by atoms with E-state index < -0.39 is 0 Å². The minimum Gasteiger partial charge on any atom is -0.362 e. The average Bonchev–Trinajstić information content (AvgIpc) is 2.74. The molecule has 0 amide bonds. The van der Waals surface area contributed by atoms with Gasteiger partial charge in [0.15, 0.2) is 5.13 Å². The second-order valence-corrected chi connectivity index (χ2v) is 6.23. The molecule has 0 aliphatic carbocycles. The van der Waals surface area contributed by atoms with Gasteiger partial charge in [0.05, 0.1) is 0 Å². The summed E-state index contributed by atoms with van der Waals surface area (Å²) in [6, 6.07) is 0. The van der Waals surface area contributed by atoms with Gasteiger partial charge in [-0.05, 0) is 18.1 Å². The van der Waals surface area contributed by atoms with E-state index in [-0.39, 0.29) is 0 Å². The Bertz CT molecular complexity index is 286. The van der Waals surface area contributed by atoms with Gasteiger partial charge in [0.25, 0.3) is 0 Å². The quantitative estimate of drug-likeness (QED) is 0.755. The minimum atomic E-state index is 0.829. The van der Waals surface area contributed by atoms with E-state index >= 15 is 0 Å². The van der Waals surface area contributed by atoms with E-state index in [9.17, 15) is 0 Å². The Morgan fingerprint density at radius 1 is 1.50 bits per heavy atom. The lowest BCUT2D eigenvalue weighted by Crippen LogP contribution is -1.97. The lowest BCUT2D eigenvalue weighted by Gasteiger charge is -2.05. The van der Waals surface area contributed by atoms with E-state index in [1.165, 1.54) is 17.1 Å². The van der Waals surface area contributed by atoms with Crippen molar-refractivity contribution < 1.29 is 0 Å². The molecule has 1 aromatic heterocycles. The van der Waals surface area contributed by atoms with Crippen LogP contribution in [-0.2, 0) is 5.75 Å². The van der Waals surface area contributed by atoms with Crippen molar-refractivity contribution in [3.05, 3.63) is 11.1 Å². The Morgan fingerprint density at radius 3 is 3.00 bits per heavy atom. The topological polar surface area (TPSA) is 24.9 Å². The van der Waals surface area contributed by atoms with E-state index in [2.05, 4.69) is 31.1 Å². The third-order valence-electron chi connectivity index (χ3n) is 2.42. The number of aromatic nitrogens is 1. The fourth-order valence-electron chi connectivity index (χ4n) is 1.17. The first-order chi connectivity index (χ1) is 7.76. The molecule has 0 aromatic carbocycles. The molecule has 0 bridgehead atoms. The number of rotatable bonds is 8. The van der Waals surface area contributed by atoms with Gasteiger partial charge in [0.1, 0.15) is 0 Å². The van der Waals surface area contributed by atoms with Gasteiger partial charge in [-0.25, -0.2) is 4.98 Å². The van der Waals surface area contributed by atoms with Crippen LogP contribution >= 0.6 is 23.1 Å². The van der Waals surface area contributed by atoms with Crippen LogP contribution in [0.4, 0.5) is 5.13 Å². The first-order valence-electron chi connectivity index (χ1n) is 6.02. The minimum absolute atomic E-state index is 0.829. The summed E-state index contributed by atoms with van der Waals surface area (Å²) in [7, 11) is 0. The zero-order chi connectivity index (χ0) is 11.8. The smallest absolute Gasteiger partial charge is 0.182 e. The van der Waals surface area contributed by atoms with Gasteiger partial charge >= 0.3 is 0 Å². The first-order valence-corrected chi connectivity index (χ1v) is 7.99. The van der Waals surface area contributed by atoms with Gasteiger partial charge in [-0.2, -0.15) is 11.8 Å². The van der Waals surface area contributed by atoms with Gasteiger partial charge in [-0.3, -0.25) is 0 Å². The summed E-state index contributed by atoms with van der Waals surface area (Å²) in [4.78, 5) is 5.75. The molecular formula is C12H22N2S2. The molecule has 1 N–H and O–H groups in total. The molecule has 92 valence electrons. The second-order valence-electron chi connectivity index (χ2n) is 4.09. The van der Waals surface area contributed by atoms with Crippen LogP contribution in [0.5, 0.6) is 0 Å². The van der Waals surface area contributed by atoms with Crippen LogP contribution in [0, 0.1) is 5.92 Å². The van der Waals surface area contributed by atoms with Crippen molar-refractivity contribution >= 4 is 28.2 Å². The number of anilines is 1. The Hall–Kier alpha value is -0.220. The number of hydrogen-bond donors (Lipinski definition) is 1. The first kappa shape index (κ1) is 13.8. The third-order valence-corrected chi connectivity index (χ3v) is 4.88. The molecule has 0 aliphatic rings. The fraction of sp³-hybridized carbons (Fsp3) is 0.750. The molecule has 1 rings (SSSR count). The molecule has 0 aliphatic heterocycles. The molecule has 0 saturated heterocycles. The van der Waals surface area contributed by atoms with Gasteiger partial charge in [-0.15, -0.1) is 11.3 Å². The maximum atomic E-state index is 4.37. The SMILES string of the molecule is CCCNc1ncc(CSCC(C)CC)s1. The van der Waals surface area contributed by atoms with Crippen molar-refractivity contribution in [2.45, 2.75) is 39.4 Å². The number of hydrogen-bond acceptors (Lipinski definition) is 4. The van der Waals surface area contributed by atoms with Crippen LogP contribution in [0.25, 0.3) is 0 Å². The van der Waals surface area contributed by atoms with Crippen LogP contribution < -0.4 is 5.32 Å². The zero-order valence-electron chi connectivity index (χ0n) is 10.5. The van der Waals surface area contributed by atoms with Crippen LogP contribution in [0.15, 0.2) is 6.20 Å². The lowest BCUT2D eigenvalue weighted by molar-refractivity contribution is 0.637. The van der Waals surface area contributed by atoms with Crippen LogP contribution in [0.3, 0.4) is 0 Å². The summed E-state index contributed by atoms with van der Waals surface area (Å²) < 4.78 is 0. The Balaban J connectivity index is 2.23. The van der Waals surface area contributed by atoms with E-state index in [1.807, 2.05) is 18.0 Å². The third kappa shape index (κ3) is 5.21. The zero-order valence-corrected chi connectivity index (χ0v) is 12.1. The standard InChI is InChI=1S/C12H22N2S2/c1-4-6-13-12-14-7-11(16-12)9-15-8-10(3)5-2/h7,10H,4-6,8-9H2,1-3H3,(H,13,14). The average molecular weight is 258 g/mol. The highest BCUT2D eigenvalue weighted by Crippen LogP contribution is 2.24. The van der Waals surface area contributed by atoms with E-state index in [4.69, 9.17) is 0 Å². The number of thioether (sulfide) groups is 1. The molecule has 16 heavy (non-hydrogen) atoms. The maximum absolute atomic E-state index is 4.37. The Morgan fingerprint density at radius 2 is 2.31 bits per heavy atom. The Kier molecular flexibility index (Phi) is 6.88. The fourth-order valence-corrected chi connectivity index (χ4v) is 3.32. The number of nitrogens with one attached hydrogen (secondary N) is 1. The molecule has 1 heterocycles. The van der Waals surface area contributed by atoms with E-state index in [0.29, 0.717) is 0 Å². The van der Waals surface area contributed by atoms with Gasteiger partial charge in [0, 0.05) is 23.4 Å². The van der Waals surface area contributed by atoms with Gasteiger partial charge < -0.3 is 5.32 Å². The predicted molar refractivity (Wildman–Crippen MR) is 76.5 cm³/mol. The summed E-state index contributed by atoms with van der Waals surface area (Å²) in [5.41, 5.74) is 0. The van der Waals surface area contributed by atoms with Crippen LogP contribution in [-0.4, -0.2) is 17.3 Å². The Labute approximate surface area is 107 Å². The van der Waals surface area contributed by atoms with E-state index in [1.54, 1.807) is 11.3 Å². The highest BCUT2D eigenvalue weighted by molar-refractivity contribution is 7.98. The van der Waals surface area contributed by atoms with Crippen molar-refractivity contribution in [1.82, 2.24) is 4.98 Å². The largest absolute Gasteiger partial charge is 0.362 e. The number of nitrogens with zero attached hydrogens (tertiary/aromatic N) is 1. The highest BCUT2D eigenvalue weighted by Gasteiger charge is 2.03. The lowest BCUT2D eigenvalue weighted by atomic mass is 10.2. The van der Waals surface area contributed by atoms with Crippen LogP contribution in [0.1, 0.15) is 38.5 Å². The molecule has 0 spiro atoms. The summed E-state index contributed by atoms with van der Waals surface area (Å²) in [6.07, 6.45) is 4.43. The second kappa shape index (κ2) is 7.96. The van der Waals surface area contributed by atoms with Crippen molar-refractivity contribution in [2.75, 3.05) is 17.6 Å². The normalized spacial score (nSPS) is 12.7. The molecule has 1 atom stereocenters. The molecule has 1 unspecified atom stereocenters. The molecule has 0 radical (unpaired) electrons. The molecular weight excluding hydrogens is 236 g/mol. The summed E-state index contributed by atoms with van der Waals surface area (Å²) in [5, 5.41) is 4.39. The van der Waals surface area contributed by atoms with Crippen molar-refractivity contribution in [3.63, 3.8) is 0 Å².